The van der Waals surface area contributed by atoms with Crippen LogP contribution >= 0.6 is 0 Å². The molecule has 1 spiro atoms. The number of nitrogens with one attached hydrogen (secondary N) is 1. The van der Waals surface area contributed by atoms with Crippen LogP contribution < -0.4 is 10.2 Å². The van der Waals surface area contributed by atoms with Crippen molar-refractivity contribution in [3.8, 4) is 11.4 Å². The fourth-order valence-electron chi connectivity index (χ4n) is 6.53. The molecule has 3 aromatic heterocycles. The molecule has 7 rings (SSSR count). The Morgan fingerprint density at radius 1 is 1.20 bits per heavy atom. The molecule has 11 nitrogen and oxygen atoms in total. The highest BCUT2D eigenvalue weighted by atomic mass is 19.1. The van der Waals surface area contributed by atoms with Crippen molar-refractivity contribution in [2.45, 2.75) is 95.3 Å². The van der Waals surface area contributed by atoms with E-state index >= 15 is 0 Å². The lowest BCUT2D eigenvalue weighted by Gasteiger charge is -2.36. The third-order valence-corrected chi connectivity index (χ3v) is 8.89. The van der Waals surface area contributed by atoms with Gasteiger partial charge in [0.2, 0.25) is 0 Å². The Bertz CT molecular complexity index is 1450. The minimum Gasteiger partial charge on any atom is -0.389 e. The number of aromatic nitrogens is 5. The van der Waals surface area contributed by atoms with Crippen LogP contribution in [0.15, 0.2) is 18.5 Å². The highest BCUT2D eigenvalue weighted by molar-refractivity contribution is 5.96. The average molecular weight is 567 g/mol. The van der Waals surface area contributed by atoms with Gasteiger partial charge in [0.05, 0.1) is 41.1 Å². The first kappa shape index (κ1) is 26.6. The molecule has 1 aliphatic carbocycles. The van der Waals surface area contributed by atoms with E-state index in [1.54, 1.807) is 15.6 Å². The average Bonchev–Trinajstić information content (AvgIpc) is 3.42. The molecular formula is C29H39FN8O3. The maximum Gasteiger partial charge on any atom is 0.322 e. The lowest BCUT2D eigenvalue weighted by molar-refractivity contribution is -0.0393. The fourth-order valence-corrected chi connectivity index (χ4v) is 6.53. The number of carbonyl (C=O) groups is 1. The Balaban J connectivity index is 1.27. The largest absolute Gasteiger partial charge is 0.389 e. The first-order valence-corrected chi connectivity index (χ1v) is 15.0. The third-order valence-electron chi connectivity index (χ3n) is 8.89. The van der Waals surface area contributed by atoms with Gasteiger partial charge in [-0.2, -0.15) is 10.2 Å². The Labute approximate surface area is 238 Å². The van der Waals surface area contributed by atoms with E-state index in [9.17, 15) is 14.3 Å². The second-order valence-electron chi connectivity index (χ2n) is 12.8. The van der Waals surface area contributed by atoms with Crippen LogP contribution in [0.1, 0.15) is 71.4 Å². The first-order chi connectivity index (χ1) is 19.7. The number of pyridine rings is 1. The van der Waals surface area contributed by atoms with Crippen LogP contribution in [0, 0.1) is 0 Å². The highest BCUT2D eigenvalue weighted by Crippen LogP contribution is 2.48. The van der Waals surface area contributed by atoms with Gasteiger partial charge in [0.1, 0.15) is 17.6 Å². The van der Waals surface area contributed by atoms with Crippen LogP contribution in [0.4, 0.5) is 20.7 Å². The summed E-state index contributed by atoms with van der Waals surface area (Å²) in [5, 5.41) is 23.4. The van der Waals surface area contributed by atoms with Crippen molar-refractivity contribution >= 4 is 28.4 Å². The van der Waals surface area contributed by atoms with E-state index in [0.29, 0.717) is 42.6 Å². The van der Waals surface area contributed by atoms with Crippen molar-refractivity contribution in [3.05, 3.63) is 18.5 Å². The molecular weight excluding hydrogens is 527 g/mol. The summed E-state index contributed by atoms with van der Waals surface area (Å²) in [7, 11) is 0. The number of rotatable bonds is 6. The van der Waals surface area contributed by atoms with Gasteiger partial charge in [0.25, 0.3) is 0 Å². The number of anilines is 2. The minimum atomic E-state index is -1.49. The van der Waals surface area contributed by atoms with Gasteiger partial charge in [-0.05, 0) is 71.3 Å². The smallest absolute Gasteiger partial charge is 0.322 e. The molecule has 12 heteroatoms. The van der Waals surface area contributed by atoms with Gasteiger partial charge in [0.15, 0.2) is 5.82 Å². The molecule has 1 unspecified atom stereocenters. The van der Waals surface area contributed by atoms with Gasteiger partial charge in [0, 0.05) is 38.0 Å². The predicted molar refractivity (Wildman–Crippen MR) is 153 cm³/mol. The standard InChI is InChI=1S/C29H39FN8O3/c1-28(2,30)18-38-23-13-21(31-14-20(23)26(34-38)35-15-19(39)16-35)25-22(17-37(33-25)24-7-3-6-12-41-24)32-27(40)36-11-5-4-8-29(36)9-10-29/h13-14,17,19,24,39H,3-12,15-16,18H2,1-2H3,(H,32,40). The van der Waals surface area contributed by atoms with Gasteiger partial charge >= 0.3 is 6.03 Å². The maximum atomic E-state index is 14.8. The molecule has 6 heterocycles. The van der Waals surface area contributed by atoms with Crippen molar-refractivity contribution in [3.63, 3.8) is 0 Å². The van der Waals surface area contributed by atoms with Crippen molar-refractivity contribution < 1.29 is 19.0 Å². The lowest BCUT2D eigenvalue weighted by atomic mass is 10.0. The molecule has 0 aromatic carbocycles. The quantitative estimate of drug-likeness (QED) is 0.453. The maximum absolute atomic E-state index is 14.8. The SMILES string of the molecule is CC(C)(F)Cn1nc(N2CC(O)C2)c2cnc(-c3nn(C4CCCCO4)cc3NC(=O)N3CCCCC34CC4)cc21. The molecule has 220 valence electrons. The Morgan fingerprint density at radius 2 is 2.02 bits per heavy atom. The molecule has 2 N–H and O–H groups in total. The summed E-state index contributed by atoms with van der Waals surface area (Å²) in [5.74, 6) is 0.683. The molecule has 41 heavy (non-hydrogen) atoms. The minimum absolute atomic E-state index is 0.00857. The van der Waals surface area contributed by atoms with Crippen LogP contribution in [-0.4, -0.2) is 84.1 Å². The second-order valence-corrected chi connectivity index (χ2v) is 12.8. The Hall–Kier alpha value is -3.25. The van der Waals surface area contributed by atoms with Crippen LogP contribution in [-0.2, 0) is 11.3 Å². The number of halogens is 1. The van der Waals surface area contributed by atoms with Crippen molar-refractivity contribution in [1.29, 1.82) is 0 Å². The second kappa shape index (κ2) is 9.94. The monoisotopic (exact) mass is 566 g/mol. The molecule has 1 saturated carbocycles. The zero-order valence-corrected chi connectivity index (χ0v) is 23.9. The third kappa shape index (κ3) is 5.05. The molecule has 4 aliphatic rings. The Kier molecular flexibility index (Phi) is 6.46. The summed E-state index contributed by atoms with van der Waals surface area (Å²) in [6, 6.07) is 1.78. The molecule has 3 saturated heterocycles. The number of fused-ring (bicyclic) bond motifs is 1. The number of hydrogen-bond donors (Lipinski definition) is 2. The van der Waals surface area contributed by atoms with E-state index in [1.807, 2.05) is 22.1 Å². The number of amides is 2. The van der Waals surface area contributed by atoms with Crippen molar-refractivity contribution in [1.82, 2.24) is 29.4 Å². The van der Waals surface area contributed by atoms with E-state index in [4.69, 9.17) is 19.9 Å². The zero-order valence-electron chi connectivity index (χ0n) is 23.9. The van der Waals surface area contributed by atoms with Crippen molar-refractivity contribution in [2.75, 3.05) is 36.5 Å². The van der Waals surface area contributed by atoms with Crippen LogP contribution in [0.2, 0.25) is 0 Å². The number of urea groups is 1. The highest BCUT2D eigenvalue weighted by Gasteiger charge is 2.51. The predicted octanol–water partition coefficient (Wildman–Crippen LogP) is 4.47. The summed E-state index contributed by atoms with van der Waals surface area (Å²) in [5.41, 5.74) is 0.945. The molecule has 0 radical (unpaired) electrons. The number of β-amino-alcohol motifs (C(OH)–C–C–N with tert-alkyl or cyclic N) is 1. The van der Waals surface area contributed by atoms with E-state index < -0.39 is 11.8 Å². The number of piperidine rings is 1. The first-order valence-electron chi connectivity index (χ1n) is 15.0. The number of aliphatic hydroxyl groups excluding tert-OH is 1. The van der Waals surface area contributed by atoms with Crippen LogP contribution in [0.25, 0.3) is 22.3 Å². The number of hydrogen-bond acceptors (Lipinski definition) is 7. The summed E-state index contributed by atoms with van der Waals surface area (Å²) >= 11 is 0. The molecule has 3 aromatic rings. The normalized spacial score (nSPS) is 22.8. The molecule has 2 amide bonds. The van der Waals surface area contributed by atoms with Gasteiger partial charge in [-0.1, -0.05) is 0 Å². The zero-order chi connectivity index (χ0) is 28.4. The van der Waals surface area contributed by atoms with Gasteiger partial charge in [-0.15, -0.1) is 0 Å². The number of ether oxygens (including phenoxy) is 1. The van der Waals surface area contributed by atoms with Crippen molar-refractivity contribution in [2.24, 2.45) is 0 Å². The summed E-state index contributed by atoms with van der Waals surface area (Å²) < 4.78 is 24.3. The van der Waals surface area contributed by atoms with E-state index in [-0.39, 0.29) is 24.3 Å². The Morgan fingerprint density at radius 3 is 2.73 bits per heavy atom. The summed E-state index contributed by atoms with van der Waals surface area (Å²) in [6.07, 6.45) is 11.3. The van der Waals surface area contributed by atoms with E-state index in [1.165, 1.54) is 13.8 Å². The summed E-state index contributed by atoms with van der Waals surface area (Å²) in [6.45, 7) is 5.52. The van der Waals surface area contributed by atoms with Crippen LogP contribution in [0.3, 0.4) is 0 Å². The van der Waals surface area contributed by atoms with E-state index in [2.05, 4.69) is 5.32 Å². The van der Waals surface area contributed by atoms with Gasteiger partial charge < -0.3 is 25.0 Å². The van der Waals surface area contributed by atoms with E-state index in [0.717, 1.165) is 68.8 Å². The summed E-state index contributed by atoms with van der Waals surface area (Å²) in [4.78, 5) is 22.4. The molecule has 0 bridgehead atoms. The number of aliphatic hydroxyl groups is 1. The number of alkyl halides is 1. The molecule has 4 fully saturated rings. The number of likely N-dealkylation sites (tertiary alicyclic amines) is 1. The number of nitrogens with zero attached hydrogens (tertiary/aromatic N) is 7. The molecule has 3 aliphatic heterocycles. The number of carbonyl (C=O) groups excluding carboxylic acids is 1. The fraction of sp³-hybridized carbons (Fsp3) is 0.655. The topological polar surface area (TPSA) is 114 Å². The van der Waals surface area contributed by atoms with Gasteiger partial charge in [-0.25, -0.2) is 13.9 Å². The molecule has 1 atom stereocenters. The van der Waals surface area contributed by atoms with Crippen LogP contribution in [0.5, 0.6) is 0 Å². The van der Waals surface area contributed by atoms with Gasteiger partial charge in [-0.3, -0.25) is 9.67 Å². The lowest BCUT2D eigenvalue weighted by Crippen LogP contribution is -2.51.